The van der Waals surface area contributed by atoms with Crippen LogP contribution < -0.4 is 14.8 Å². The standard InChI is InChI=1S/C20H17IN2O4S2/c1-26-15-8-3-12(9-16(15)27-2)10-17-19(25)23(20(28)29-17)11-18(24)22-14-6-4-13(21)5-7-14/h3-10H,11H2,1-2H3,(H,22,24). The maximum atomic E-state index is 12.7. The average Bonchev–Trinajstić information content (AvgIpc) is 2.97. The van der Waals surface area contributed by atoms with Crippen LogP contribution in [0, 0.1) is 3.57 Å². The smallest absolute Gasteiger partial charge is 0.266 e. The quantitative estimate of drug-likeness (QED) is 0.338. The Morgan fingerprint density at radius 1 is 1.17 bits per heavy atom. The second kappa shape index (κ2) is 9.59. The van der Waals surface area contributed by atoms with Crippen molar-refractivity contribution in [3.8, 4) is 11.5 Å². The van der Waals surface area contributed by atoms with E-state index in [2.05, 4.69) is 27.9 Å². The van der Waals surface area contributed by atoms with Gasteiger partial charge in [0, 0.05) is 9.26 Å². The fraction of sp³-hybridized carbons (Fsp3) is 0.150. The van der Waals surface area contributed by atoms with Gasteiger partial charge in [0.05, 0.1) is 19.1 Å². The van der Waals surface area contributed by atoms with Crippen LogP contribution in [0.15, 0.2) is 47.4 Å². The predicted molar refractivity (Wildman–Crippen MR) is 127 cm³/mol. The number of benzene rings is 2. The third-order valence-electron chi connectivity index (χ3n) is 4.01. The van der Waals surface area contributed by atoms with E-state index in [0.717, 1.165) is 9.13 Å². The van der Waals surface area contributed by atoms with E-state index < -0.39 is 0 Å². The van der Waals surface area contributed by atoms with Crippen molar-refractivity contribution < 1.29 is 19.1 Å². The van der Waals surface area contributed by atoms with Crippen molar-refractivity contribution in [1.29, 1.82) is 0 Å². The average molecular weight is 540 g/mol. The van der Waals surface area contributed by atoms with E-state index >= 15 is 0 Å². The lowest BCUT2D eigenvalue weighted by Crippen LogP contribution is -2.36. The van der Waals surface area contributed by atoms with Gasteiger partial charge in [0.2, 0.25) is 5.91 Å². The van der Waals surface area contributed by atoms with Crippen molar-refractivity contribution >= 4 is 74.5 Å². The number of hydrogen-bond acceptors (Lipinski definition) is 6. The van der Waals surface area contributed by atoms with E-state index in [-0.39, 0.29) is 18.4 Å². The minimum absolute atomic E-state index is 0.139. The molecule has 9 heteroatoms. The molecule has 1 aliphatic rings. The van der Waals surface area contributed by atoms with E-state index in [4.69, 9.17) is 21.7 Å². The molecule has 0 atom stereocenters. The van der Waals surface area contributed by atoms with E-state index in [9.17, 15) is 9.59 Å². The number of ether oxygens (including phenoxy) is 2. The summed E-state index contributed by atoms with van der Waals surface area (Å²) in [5.74, 6) is 0.556. The number of anilines is 1. The number of thiocarbonyl (C=S) groups is 1. The van der Waals surface area contributed by atoms with Crippen LogP contribution in [0.3, 0.4) is 0 Å². The van der Waals surface area contributed by atoms with Gasteiger partial charge < -0.3 is 14.8 Å². The first kappa shape index (κ1) is 21.6. The molecule has 1 N–H and O–H groups in total. The third kappa shape index (κ3) is 5.28. The van der Waals surface area contributed by atoms with Crippen LogP contribution in [0.25, 0.3) is 6.08 Å². The molecular weight excluding hydrogens is 523 g/mol. The molecule has 0 bridgehead atoms. The molecule has 3 rings (SSSR count). The Bertz CT molecular complexity index is 992. The molecule has 2 amide bonds. The molecule has 2 aromatic carbocycles. The number of nitrogens with one attached hydrogen (secondary N) is 1. The summed E-state index contributed by atoms with van der Waals surface area (Å²) < 4.78 is 11.9. The Balaban J connectivity index is 1.71. The zero-order valence-corrected chi connectivity index (χ0v) is 19.4. The molecular formula is C20H17IN2O4S2. The lowest BCUT2D eigenvalue weighted by Gasteiger charge is -2.14. The fourth-order valence-corrected chi connectivity index (χ4v) is 4.22. The number of nitrogens with zero attached hydrogens (tertiary/aromatic N) is 1. The molecule has 1 heterocycles. The number of hydrogen-bond donors (Lipinski definition) is 1. The zero-order chi connectivity index (χ0) is 21.0. The van der Waals surface area contributed by atoms with Crippen molar-refractivity contribution in [3.05, 3.63) is 56.5 Å². The monoisotopic (exact) mass is 540 g/mol. The molecule has 1 fully saturated rings. The van der Waals surface area contributed by atoms with Crippen LogP contribution in [0.4, 0.5) is 5.69 Å². The second-order valence-electron chi connectivity index (χ2n) is 5.94. The molecule has 0 unspecified atom stereocenters. The summed E-state index contributed by atoms with van der Waals surface area (Å²) >= 11 is 8.66. The number of thioether (sulfide) groups is 1. The molecule has 0 saturated carbocycles. The Morgan fingerprint density at radius 2 is 1.86 bits per heavy atom. The topological polar surface area (TPSA) is 67.9 Å². The Labute approximate surface area is 191 Å². The summed E-state index contributed by atoms with van der Waals surface area (Å²) in [6.45, 7) is -0.139. The van der Waals surface area contributed by atoms with Gasteiger partial charge >= 0.3 is 0 Å². The number of methoxy groups -OCH3 is 2. The van der Waals surface area contributed by atoms with Crippen LogP contribution in [-0.2, 0) is 9.59 Å². The van der Waals surface area contributed by atoms with Gasteiger partial charge in [-0.15, -0.1) is 0 Å². The molecule has 0 aromatic heterocycles. The van der Waals surface area contributed by atoms with E-state index in [1.807, 2.05) is 18.2 Å². The first-order valence-corrected chi connectivity index (χ1v) is 10.7. The summed E-state index contributed by atoms with van der Waals surface area (Å²) in [7, 11) is 3.11. The molecule has 1 aliphatic heterocycles. The normalized spacial score (nSPS) is 15.0. The number of carbonyl (C=O) groups is 2. The molecule has 6 nitrogen and oxygen atoms in total. The summed E-state index contributed by atoms with van der Waals surface area (Å²) in [6, 6.07) is 12.7. The first-order chi connectivity index (χ1) is 13.9. The zero-order valence-electron chi connectivity index (χ0n) is 15.6. The van der Waals surface area contributed by atoms with Crippen LogP contribution in [-0.4, -0.2) is 41.8 Å². The Kier molecular flexibility index (Phi) is 7.14. The van der Waals surface area contributed by atoms with Gasteiger partial charge in [0.25, 0.3) is 5.91 Å². The summed E-state index contributed by atoms with van der Waals surface area (Å²) in [5, 5.41) is 2.77. The molecule has 150 valence electrons. The van der Waals surface area contributed by atoms with Crippen LogP contribution >= 0.6 is 46.6 Å². The van der Waals surface area contributed by atoms with Gasteiger partial charge in [0.1, 0.15) is 10.9 Å². The highest BCUT2D eigenvalue weighted by Gasteiger charge is 2.33. The van der Waals surface area contributed by atoms with Crippen LogP contribution in [0.2, 0.25) is 0 Å². The lowest BCUT2D eigenvalue weighted by atomic mass is 10.2. The van der Waals surface area contributed by atoms with Gasteiger partial charge in [-0.2, -0.15) is 0 Å². The highest BCUT2D eigenvalue weighted by atomic mass is 127. The Hall–Kier alpha value is -2.11. The third-order valence-corrected chi connectivity index (χ3v) is 6.11. The molecule has 0 spiro atoms. The van der Waals surface area contributed by atoms with Gasteiger partial charge in [-0.05, 0) is 70.6 Å². The maximum Gasteiger partial charge on any atom is 0.266 e. The van der Waals surface area contributed by atoms with Crippen LogP contribution in [0.5, 0.6) is 11.5 Å². The van der Waals surface area contributed by atoms with Crippen molar-refractivity contribution in [2.75, 3.05) is 26.1 Å². The van der Waals surface area contributed by atoms with Gasteiger partial charge in [-0.1, -0.05) is 30.0 Å². The predicted octanol–water partition coefficient (Wildman–Crippen LogP) is 4.15. The summed E-state index contributed by atoms with van der Waals surface area (Å²) in [5.41, 5.74) is 1.44. The van der Waals surface area contributed by atoms with Crippen molar-refractivity contribution in [3.63, 3.8) is 0 Å². The highest BCUT2D eigenvalue weighted by molar-refractivity contribution is 14.1. The first-order valence-electron chi connectivity index (χ1n) is 8.44. The minimum atomic E-state index is -0.310. The molecule has 2 aromatic rings. The number of amides is 2. The maximum absolute atomic E-state index is 12.7. The SMILES string of the molecule is COc1ccc(C=C2SC(=S)N(CC(=O)Nc3ccc(I)cc3)C2=O)cc1OC. The van der Waals surface area contributed by atoms with Gasteiger partial charge in [-0.25, -0.2) is 0 Å². The second-order valence-corrected chi connectivity index (χ2v) is 8.86. The largest absolute Gasteiger partial charge is 0.493 e. The molecule has 0 aliphatic carbocycles. The number of halogens is 1. The van der Waals surface area contributed by atoms with Crippen molar-refractivity contribution in [2.45, 2.75) is 0 Å². The number of carbonyl (C=O) groups excluding carboxylic acids is 2. The van der Waals surface area contributed by atoms with Gasteiger partial charge in [0.15, 0.2) is 11.5 Å². The van der Waals surface area contributed by atoms with Crippen molar-refractivity contribution in [1.82, 2.24) is 4.90 Å². The van der Waals surface area contributed by atoms with E-state index in [1.165, 1.54) is 16.7 Å². The lowest BCUT2D eigenvalue weighted by molar-refractivity contribution is -0.126. The summed E-state index contributed by atoms with van der Waals surface area (Å²) in [6.07, 6.45) is 1.72. The molecule has 0 radical (unpaired) electrons. The van der Waals surface area contributed by atoms with Gasteiger partial charge in [-0.3, -0.25) is 14.5 Å². The summed E-state index contributed by atoms with van der Waals surface area (Å²) in [4.78, 5) is 26.8. The highest BCUT2D eigenvalue weighted by Crippen LogP contribution is 2.34. The molecule has 29 heavy (non-hydrogen) atoms. The van der Waals surface area contributed by atoms with Crippen molar-refractivity contribution in [2.24, 2.45) is 0 Å². The van der Waals surface area contributed by atoms with E-state index in [0.29, 0.717) is 26.4 Å². The van der Waals surface area contributed by atoms with Crippen LogP contribution in [0.1, 0.15) is 5.56 Å². The number of rotatable bonds is 6. The molecule has 1 saturated heterocycles. The fourth-order valence-electron chi connectivity index (χ4n) is 2.61. The van der Waals surface area contributed by atoms with E-state index in [1.54, 1.807) is 44.6 Å². The Morgan fingerprint density at radius 3 is 2.52 bits per heavy atom. The minimum Gasteiger partial charge on any atom is -0.493 e.